The Balaban J connectivity index is 1.96. The predicted molar refractivity (Wildman–Crippen MR) is 91.3 cm³/mol. The van der Waals surface area contributed by atoms with E-state index in [1.54, 1.807) is 0 Å². The summed E-state index contributed by atoms with van der Waals surface area (Å²) in [4.78, 5) is 16.5. The van der Waals surface area contributed by atoms with Gasteiger partial charge in [-0.1, -0.05) is 29.3 Å². The van der Waals surface area contributed by atoms with Crippen molar-refractivity contribution in [1.29, 1.82) is 0 Å². The smallest absolute Gasteiger partial charge is 0.387 e. The molecule has 2 N–H and O–H groups in total. The molecule has 0 saturated heterocycles. The van der Waals surface area contributed by atoms with E-state index in [1.165, 1.54) is 18.3 Å². The maximum atomic E-state index is 15.5. The van der Waals surface area contributed by atoms with Crippen molar-refractivity contribution in [1.82, 2.24) is 4.98 Å². The van der Waals surface area contributed by atoms with Gasteiger partial charge in [-0.05, 0) is 31.0 Å². The van der Waals surface area contributed by atoms with Crippen LogP contribution < -0.4 is 5.32 Å². The number of aliphatic hydroxyl groups excluding tert-OH is 1. The molecule has 1 aliphatic carbocycles. The van der Waals surface area contributed by atoms with Crippen LogP contribution in [-0.2, 0) is 16.6 Å². The van der Waals surface area contributed by atoms with E-state index >= 15 is 4.39 Å². The van der Waals surface area contributed by atoms with Gasteiger partial charge in [0.15, 0.2) is 0 Å². The van der Waals surface area contributed by atoms with E-state index in [-0.39, 0.29) is 29.8 Å². The first-order chi connectivity index (χ1) is 12.5. The predicted octanol–water partition coefficient (Wildman–Crippen LogP) is 5.04. The number of aliphatic hydroxyl groups is 1. The second kappa shape index (κ2) is 6.92. The lowest BCUT2D eigenvalue weighted by molar-refractivity contribution is -0.137. The third kappa shape index (κ3) is 3.61. The van der Waals surface area contributed by atoms with Gasteiger partial charge in [0, 0.05) is 11.8 Å². The number of carbonyl (C=O) groups excluding carboxylic acids is 1. The average molecular weight is 423 g/mol. The molecule has 27 heavy (non-hydrogen) atoms. The Morgan fingerprint density at radius 2 is 1.93 bits per heavy atom. The van der Waals surface area contributed by atoms with Crippen LogP contribution in [0.3, 0.4) is 0 Å². The molecule has 0 spiro atoms. The van der Waals surface area contributed by atoms with Crippen molar-refractivity contribution in [2.45, 2.75) is 30.8 Å². The van der Waals surface area contributed by atoms with Crippen molar-refractivity contribution in [2.24, 2.45) is 0 Å². The minimum absolute atomic E-state index is 0.0333. The van der Waals surface area contributed by atoms with Gasteiger partial charge in [-0.25, -0.2) is 4.39 Å². The Bertz CT molecular complexity index is 884. The van der Waals surface area contributed by atoms with E-state index < -0.39 is 39.5 Å². The Kier molecular flexibility index (Phi) is 5.09. The van der Waals surface area contributed by atoms with Crippen LogP contribution in [0.4, 0.5) is 23.2 Å². The van der Waals surface area contributed by atoms with Crippen LogP contribution in [0.25, 0.3) is 0 Å². The average Bonchev–Trinajstić information content (AvgIpc) is 2.60. The summed E-state index contributed by atoms with van der Waals surface area (Å²) in [5, 5.41) is 11.2. The lowest BCUT2D eigenvalue weighted by atomic mass is 9.81. The summed E-state index contributed by atoms with van der Waals surface area (Å²) in [6.45, 7) is 0. The fourth-order valence-electron chi connectivity index (χ4n) is 2.93. The van der Waals surface area contributed by atoms with Gasteiger partial charge in [0.2, 0.25) is 5.67 Å². The minimum atomic E-state index is -4.68. The summed E-state index contributed by atoms with van der Waals surface area (Å²) in [6.07, 6.45) is -4.73. The lowest BCUT2D eigenvalue weighted by Crippen LogP contribution is -2.40. The number of carbonyl (C=O) groups is 1. The molecule has 1 aliphatic rings. The SMILES string of the molecule is O=C(Nc1c(Cl)cc(C(F)(F)F)cc1Cl)[C@@]1(F)CC[C@@H](O)c2ncccc21. The molecule has 1 aromatic carbocycles. The van der Waals surface area contributed by atoms with E-state index in [1.807, 2.05) is 0 Å². The van der Waals surface area contributed by atoms with Crippen molar-refractivity contribution in [3.05, 3.63) is 57.3 Å². The highest BCUT2D eigenvalue weighted by Crippen LogP contribution is 2.44. The molecule has 10 heteroatoms. The highest BCUT2D eigenvalue weighted by Gasteiger charge is 2.47. The molecule has 1 aromatic heterocycles. The number of fused-ring (bicyclic) bond motifs is 1. The summed E-state index contributed by atoms with van der Waals surface area (Å²) in [5.74, 6) is -1.16. The number of hydrogen-bond donors (Lipinski definition) is 2. The Hall–Kier alpha value is -1.90. The first-order valence-electron chi connectivity index (χ1n) is 7.74. The maximum absolute atomic E-state index is 15.5. The number of benzene rings is 1. The van der Waals surface area contributed by atoms with Crippen LogP contribution in [0.2, 0.25) is 10.0 Å². The second-order valence-corrected chi connectivity index (χ2v) is 6.87. The quantitative estimate of drug-likeness (QED) is 0.666. The number of rotatable bonds is 2. The van der Waals surface area contributed by atoms with Crippen molar-refractivity contribution in [2.75, 3.05) is 5.32 Å². The van der Waals surface area contributed by atoms with Crippen molar-refractivity contribution in [3.8, 4) is 0 Å². The van der Waals surface area contributed by atoms with Gasteiger partial charge in [-0.2, -0.15) is 13.2 Å². The number of anilines is 1. The molecule has 0 radical (unpaired) electrons. The molecule has 0 bridgehead atoms. The first kappa shape index (κ1) is 19.9. The van der Waals surface area contributed by atoms with E-state index in [9.17, 15) is 23.1 Å². The number of nitrogens with one attached hydrogen (secondary N) is 1. The Morgan fingerprint density at radius 3 is 2.52 bits per heavy atom. The summed E-state index contributed by atoms with van der Waals surface area (Å²) >= 11 is 11.6. The normalized spacial score (nSPS) is 22.3. The zero-order valence-electron chi connectivity index (χ0n) is 13.4. The molecule has 4 nitrogen and oxygen atoms in total. The number of nitrogens with zero attached hydrogens (tertiary/aromatic N) is 1. The maximum Gasteiger partial charge on any atom is 0.416 e. The second-order valence-electron chi connectivity index (χ2n) is 6.06. The summed E-state index contributed by atoms with van der Waals surface area (Å²) in [7, 11) is 0. The zero-order chi connectivity index (χ0) is 20.0. The number of halogens is 6. The first-order valence-corrected chi connectivity index (χ1v) is 8.49. The molecule has 0 saturated carbocycles. The van der Waals surface area contributed by atoms with Crippen molar-refractivity contribution in [3.63, 3.8) is 0 Å². The van der Waals surface area contributed by atoms with Crippen LogP contribution in [-0.4, -0.2) is 16.0 Å². The largest absolute Gasteiger partial charge is 0.416 e. The van der Waals surface area contributed by atoms with Gasteiger partial charge in [-0.3, -0.25) is 9.78 Å². The van der Waals surface area contributed by atoms with Gasteiger partial charge in [0.1, 0.15) is 0 Å². The standard InChI is InChI=1S/C17H12Cl2F4N2O2/c18-10-6-8(17(21,22)23)7-11(19)14(10)25-15(27)16(20)4-3-12(26)13-9(16)2-1-5-24-13/h1-2,5-7,12,26H,3-4H2,(H,25,27)/t12-,16-/m1/s1. The Labute approximate surface area is 161 Å². The summed E-state index contributed by atoms with van der Waals surface area (Å²) < 4.78 is 53.9. The highest BCUT2D eigenvalue weighted by atomic mass is 35.5. The van der Waals surface area contributed by atoms with E-state index in [4.69, 9.17) is 23.2 Å². The number of pyridine rings is 1. The van der Waals surface area contributed by atoms with Crippen LogP contribution in [0.1, 0.15) is 35.8 Å². The number of hydrogen-bond acceptors (Lipinski definition) is 3. The van der Waals surface area contributed by atoms with Crippen molar-refractivity contribution < 1.29 is 27.5 Å². The third-order valence-electron chi connectivity index (χ3n) is 4.31. The van der Waals surface area contributed by atoms with E-state index in [0.29, 0.717) is 12.1 Å². The molecule has 1 amide bonds. The van der Waals surface area contributed by atoms with Crippen LogP contribution in [0.15, 0.2) is 30.5 Å². The fraction of sp³-hybridized carbons (Fsp3) is 0.294. The van der Waals surface area contributed by atoms with E-state index in [0.717, 1.165) is 0 Å². The molecular formula is C17H12Cl2F4N2O2. The molecule has 0 unspecified atom stereocenters. The summed E-state index contributed by atoms with van der Waals surface area (Å²) in [6, 6.07) is 3.92. The highest BCUT2D eigenvalue weighted by molar-refractivity contribution is 6.40. The molecule has 0 fully saturated rings. The van der Waals surface area contributed by atoms with Crippen molar-refractivity contribution >= 4 is 34.8 Å². The molecule has 2 aromatic rings. The zero-order valence-corrected chi connectivity index (χ0v) is 15.0. The topological polar surface area (TPSA) is 62.2 Å². The van der Waals surface area contributed by atoms with Crippen LogP contribution in [0.5, 0.6) is 0 Å². The lowest BCUT2D eigenvalue weighted by Gasteiger charge is -2.32. The van der Waals surface area contributed by atoms with Gasteiger partial charge >= 0.3 is 6.18 Å². The van der Waals surface area contributed by atoms with Crippen LogP contribution >= 0.6 is 23.2 Å². The molecule has 2 atom stereocenters. The molecular weight excluding hydrogens is 411 g/mol. The van der Waals surface area contributed by atoms with Gasteiger partial charge < -0.3 is 10.4 Å². The van der Waals surface area contributed by atoms with Gasteiger partial charge in [-0.15, -0.1) is 0 Å². The number of amides is 1. The van der Waals surface area contributed by atoms with Gasteiger partial charge in [0.05, 0.1) is 33.1 Å². The Morgan fingerprint density at radius 1 is 1.30 bits per heavy atom. The summed E-state index contributed by atoms with van der Waals surface area (Å²) in [5.41, 5.74) is -4.05. The molecule has 3 rings (SSSR count). The molecule has 144 valence electrons. The van der Waals surface area contributed by atoms with Crippen LogP contribution in [0, 0.1) is 0 Å². The monoisotopic (exact) mass is 422 g/mol. The number of alkyl halides is 4. The van der Waals surface area contributed by atoms with Gasteiger partial charge in [0.25, 0.3) is 5.91 Å². The third-order valence-corrected chi connectivity index (χ3v) is 4.91. The minimum Gasteiger partial charge on any atom is -0.387 e. The fourth-order valence-corrected chi connectivity index (χ4v) is 3.51. The molecule has 1 heterocycles. The number of aromatic nitrogens is 1. The van der Waals surface area contributed by atoms with E-state index in [2.05, 4.69) is 10.3 Å². The molecule has 0 aliphatic heterocycles.